The van der Waals surface area contributed by atoms with E-state index >= 15 is 0 Å². The summed E-state index contributed by atoms with van der Waals surface area (Å²) in [7, 11) is 0. The summed E-state index contributed by atoms with van der Waals surface area (Å²) < 4.78 is 0. The number of rotatable bonds is 2. The molecule has 0 unspecified atom stereocenters. The van der Waals surface area contributed by atoms with Crippen LogP contribution in [0.2, 0.25) is 5.02 Å². The van der Waals surface area contributed by atoms with Crippen molar-refractivity contribution >= 4 is 11.6 Å². The smallest absolute Gasteiger partial charge is 0.137 e. The van der Waals surface area contributed by atoms with Gasteiger partial charge in [-0.25, -0.2) is 0 Å². The van der Waals surface area contributed by atoms with Crippen LogP contribution in [-0.4, -0.2) is 16.8 Å². The summed E-state index contributed by atoms with van der Waals surface area (Å²) in [5.74, 6) is 0.105. The first kappa shape index (κ1) is 10.4. The molecule has 0 heterocycles. The second kappa shape index (κ2) is 3.99. The Balaban J connectivity index is 3.26. The van der Waals surface area contributed by atoms with Gasteiger partial charge < -0.3 is 10.2 Å². The van der Waals surface area contributed by atoms with Crippen molar-refractivity contribution in [3.63, 3.8) is 0 Å². The van der Waals surface area contributed by atoms with Crippen molar-refractivity contribution < 1.29 is 10.2 Å². The van der Waals surface area contributed by atoms with Gasteiger partial charge in [0.1, 0.15) is 5.75 Å². The van der Waals surface area contributed by atoms with E-state index in [0.29, 0.717) is 11.4 Å². The second-order valence-electron chi connectivity index (χ2n) is 3.13. The van der Waals surface area contributed by atoms with Gasteiger partial charge in [0, 0.05) is 12.2 Å². The number of aliphatic hydroxyl groups excluding tert-OH is 1. The quantitative estimate of drug-likeness (QED) is 0.769. The predicted octanol–water partition coefficient (Wildman–Crippen LogP) is 2.20. The summed E-state index contributed by atoms with van der Waals surface area (Å²) in [6.45, 7) is 3.76. The average molecular weight is 201 g/mol. The molecule has 0 atom stereocenters. The molecule has 0 aromatic heterocycles. The fourth-order valence-corrected chi connectivity index (χ4v) is 1.58. The van der Waals surface area contributed by atoms with E-state index in [1.165, 1.54) is 0 Å². The molecule has 2 nitrogen and oxygen atoms in total. The zero-order valence-corrected chi connectivity index (χ0v) is 8.52. The molecule has 3 heteroatoms. The Morgan fingerprint density at radius 2 is 1.92 bits per heavy atom. The second-order valence-corrected chi connectivity index (χ2v) is 3.50. The largest absolute Gasteiger partial charge is 0.506 e. The molecule has 0 radical (unpaired) electrons. The molecule has 0 amide bonds. The topological polar surface area (TPSA) is 40.5 Å². The molecular weight excluding hydrogens is 188 g/mol. The summed E-state index contributed by atoms with van der Waals surface area (Å²) >= 11 is 5.86. The highest BCUT2D eigenvalue weighted by molar-refractivity contribution is 6.32. The van der Waals surface area contributed by atoms with Crippen molar-refractivity contribution in [2.45, 2.75) is 20.3 Å². The number of aryl methyl sites for hydroxylation is 2. The van der Waals surface area contributed by atoms with E-state index in [1.807, 2.05) is 19.9 Å². The van der Waals surface area contributed by atoms with Crippen LogP contribution in [0.4, 0.5) is 0 Å². The minimum absolute atomic E-state index is 0.0216. The van der Waals surface area contributed by atoms with Crippen LogP contribution < -0.4 is 0 Å². The third kappa shape index (κ3) is 1.95. The first-order chi connectivity index (χ1) is 6.07. The third-order valence-electron chi connectivity index (χ3n) is 2.11. The summed E-state index contributed by atoms with van der Waals surface area (Å²) in [5.41, 5.74) is 2.56. The zero-order valence-electron chi connectivity index (χ0n) is 7.76. The highest BCUT2D eigenvalue weighted by atomic mass is 35.5. The molecule has 1 rings (SSSR count). The molecule has 0 aliphatic heterocycles. The predicted molar refractivity (Wildman–Crippen MR) is 53.4 cm³/mol. The van der Waals surface area contributed by atoms with Crippen molar-refractivity contribution in [2.24, 2.45) is 0 Å². The van der Waals surface area contributed by atoms with Crippen LogP contribution in [-0.2, 0) is 6.42 Å². The molecule has 0 spiro atoms. The standard InChI is InChI=1S/C10H13ClO2/c1-6-5-7(2)9(11)10(13)8(6)3-4-12/h5,12-13H,3-4H2,1-2H3. The van der Waals surface area contributed by atoms with Gasteiger partial charge in [-0.15, -0.1) is 0 Å². The molecule has 1 aromatic rings. The van der Waals surface area contributed by atoms with E-state index in [1.54, 1.807) is 0 Å². The summed E-state index contributed by atoms with van der Waals surface area (Å²) in [6, 6.07) is 1.91. The number of hydrogen-bond donors (Lipinski definition) is 2. The Morgan fingerprint density at radius 1 is 1.31 bits per heavy atom. The Hall–Kier alpha value is -0.730. The fraction of sp³-hybridized carbons (Fsp3) is 0.400. The van der Waals surface area contributed by atoms with Crippen molar-refractivity contribution in [2.75, 3.05) is 6.61 Å². The van der Waals surface area contributed by atoms with E-state index in [4.69, 9.17) is 16.7 Å². The van der Waals surface area contributed by atoms with Gasteiger partial charge in [-0.05, 0) is 31.4 Å². The molecule has 0 bridgehead atoms. The van der Waals surface area contributed by atoms with Gasteiger partial charge in [0.2, 0.25) is 0 Å². The normalized spacial score (nSPS) is 10.5. The monoisotopic (exact) mass is 200 g/mol. The van der Waals surface area contributed by atoms with Crippen LogP contribution in [0.3, 0.4) is 0 Å². The Bertz CT molecular complexity index is 321. The van der Waals surface area contributed by atoms with Gasteiger partial charge in [0.15, 0.2) is 0 Å². The lowest BCUT2D eigenvalue weighted by Crippen LogP contribution is -1.96. The highest BCUT2D eigenvalue weighted by Crippen LogP contribution is 2.33. The van der Waals surface area contributed by atoms with Crippen LogP contribution >= 0.6 is 11.6 Å². The van der Waals surface area contributed by atoms with E-state index in [2.05, 4.69) is 0 Å². The SMILES string of the molecule is Cc1cc(C)c(CCO)c(O)c1Cl. The summed E-state index contributed by atoms with van der Waals surface area (Å²) in [5, 5.41) is 18.8. The number of phenolic OH excluding ortho intramolecular Hbond substituents is 1. The Morgan fingerprint density at radius 3 is 2.46 bits per heavy atom. The van der Waals surface area contributed by atoms with Crippen molar-refractivity contribution in [3.05, 3.63) is 27.8 Å². The van der Waals surface area contributed by atoms with Crippen molar-refractivity contribution in [1.82, 2.24) is 0 Å². The molecular formula is C10H13ClO2. The minimum atomic E-state index is 0.0216. The van der Waals surface area contributed by atoms with E-state index in [-0.39, 0.29) is 12.4 Å². The summed E-state index contributed by atoms with van der Waals surface area (Å²) in [6.07, 6.45) is 0.442. The van der Waals surface area contributed by atoms with E-state index < -0.39 is 0 Å². The minimum Gasteiger partial charge on any atom is -0.506 e. The third-order valence-corrected chi connectivity index (χ3v) is 2.59. The molecule has 13 heavy (non-hydrogen) atoms. The molecule has 2 N–H and O–H groups in total. The molecule has 0 aliphatic rings. The van der Waals surface area contributed by atoms with Gasteiger partial charge in [-0.2, -0.15) is 0 Å². The molecule has 0 saturated carbocycles. The van der Waals surface area contributed by atoms with Gasteiger partial charge in [0.25, 0.3) is 0 Å². The van der Waals surface area contributed by atoms with Gasteiger partial charge >= 0.3 is 0 Å². The number of halogens is 1. The summed E-state index contributed by atoms with van der Waals surface area (Å²) in [4.78, 5) is 0. The number of benzene rings is 1. The first-order valence-corrected chi connectivity index (χ1v) is 4.54. The number of hydrogen-bond acceptors (Lipinski definition) is 2. The number of aromatic hydroxyl groups is 1. The fourth-order valence-electron chi connectivity index (χ4n) is 1.41. The molecule has 0 aliphatic carbocycles. The maximum Gasteiger partial charge on any atom is 0.137 e. The maximum absolute atomic E-state index is 9.65. The van der Waals surface area contributed by atoms with Gasteiger partial charge in [-0.1, -0.05) is 17.7 Å². The van der Waals surface area contributed by atoms with Crippen LogP contribution in [0.1, 0.15) is 16.7 Å². The van der Waals surface area contributed by atoms with Crippen LogP contribution in [0.15, 0.2) is 6.07 Å². The van der Waals surface area contributed by atoms with Crippen LogP contribution in [0.5, 0.6) is 5.75 Å². The number of phenols is 1. The molecule has 1 aromatic carbocycles. The molecule has 0 fully saturated rings. The maximum atomic E-state index is 9.65. The van der Waals surface area contributed by atoms with E-state index in [0.717, 1.165) is 16.7 Å². The lowest BCUT2D eigenvalue weighted by atomic mass is 10.0. The lowest BCUT2D eigenvalue weighted by Gasteiger charge is -2.10. The number of aliphatic hydroxyl groups is 1. The Labute approximate surface area is 82.8 Å². The lowest BCUT2D eigenvalue weighted by molar-refractivity contribution is 0.297. The first-order valence-electron chi connectivity index (χ1n) is 4.16. The van der Waals surface area contributed by atoms with Gasteiger partial charge in [-0.3, -0.25) is 0 Å². The highest BCUT2D eigenvalue weighted by Gasteiger charge is 2.10. The van der Waals surface area contributed by atoms with Crippen LogP contribution in [0.25, 0.3) is 0 Å². The van der Waals surface area contributed by atoms with E-state index in [9.17, 15) is 5.11 Å². The van der Waals surface area contributed by atoms with Crippen LogP contribution in [0, 0.1) is 13.8 Å². The van der Waals surface area contributed by atoms with Gasteiger partial charge in [0.05, 0.1) is 5.02 Å². The Kier molecular flexibility index (Phi) is 3.17. The average Bonchev–Trinajstić information content (AvgIpc) is 2.09. The van der Waals surface area contributed by atoms with Crippen molar-refractivity contribution in [1.29, 1.82) is 0 Å². The molecule has 0 saturated heterocycles. The zero-order chi connectivity index (χ0) is 10.0. The van der Waals surface area contributed by atoms with Crippen molar-refractivity contribution in [3.8, 4) is 5.75 Å². The molecule has 72 valence electrons.